The number of nitrogens with two attached hydrogens (primary N) is 2. The molecule has 110 valence electrons. The number of nitrogens with zero attached hydrogens (tertiary/aromatic N) is 1. The predicted molar refractivity (Wildman–Crippen MR) is 56.8 cm³/mol. The summed E-state index contributed by atoms with van der Waals surface area (Å²) < 4.78 is 31.7. The molecule has 1 heterocycles. The van der Waals surface area contributed by atoms with Crippen molar-refractivity contribution in [3.8, 4) is 0 Å². The normalized spacial score (nSPS) is 19.1. The lowest BCUT2D eigenvalue weighted by Gasteiger charge is -2.31. The van der Waals surface area contributed by atoms with Crippen molar-refractivity contribution < 1.29 is 32.7 Å². The minimum Gasteiger partial charge on any atom is -0.475 e. The van der Waals surface area contributed by atoms with Crippen LogP contribution in [0.1, 0.15) is 19.3 Å². The highest BCUT2D eigenvalue weighted by atomic mass is 19.4. The molecule has 1 saturated heterocycles. The fraction of sp³-hybridized carbons (Fsp3) is 0.667. The van der Waals surface area contributed by atoms with Gasteiger partial charge in [-0.05, 0) is 19.3 Å². The number of carboxylic acid groups (broad SMARTS) is 1. The molecular formula is C9H14F3N3O4. The SMILES string of the molecule is NC(=O)C1CCCCN1C(N)=O.O=C(O)C(F)(F)F. The first-order valence-electron chi connectivity index (χ1n) is 5.23. The van der Waals surface area contributed by atoms with Crippen LogP contribution in [0.2, 0.25) is 0 Å². The van der Waals surface area contributed by atoms with Gasteiger partial charge in [-0.1, -0.05) is 0 Å². The zero-order valence-electron chi connectivity index (χ0n) is 9.81. The number of aliphatic carboxylic acids is 1. The minimum atomic E-state index is -5.08. The highest BCUT2D eigenvalue weighted by molar-refractivity contribution is 5.85. The van der Waals surface area contributed by atoms with Crippen LogP contribution >= 0.6 is 0 Å². The van der Waals surface area contributed by atoms with Gasteiger partial charge in [-0.2, -0.15) is 13.2 Å². The Hall–Kier alpha value is -2.00. The van der Waals surface area contributed by atoms with Crippen molar-refractivity contribution in [3.63, 3.8) is 0 Å². The van der Waals surface area contributed by atoms with Crippen molar-refractivity contribution in [2.75, 3.05) is 6.54 Å². The number of hydrogen-bond donors (Lipinski definition) is 3. The second-order valence-corrected chi connectivity index (χ2v) is 3.75. The van der Waals surface area contributed by atoms with Gasteiger partial charge in [0, 0.05) is 6.54 Å². The summed E-state index contributed by atoms with van der Waals surface area (Å²) in [6.45, 7) is 0.545. The lowest BCUT2D eigenvalue weighted by molar-refractivity contribution is -0.192. The average Bonchev–Trinajstić information content (AvgIpc) is 2.28. The number of piperidine rings is 1. The summed E-state index contributed by atoms with van der Waals surface area (Å²) in [7, 11) is 0. The zero-order chi connectivity index (χ0) is 15.2. The summed E-state index contributed by atoms with van der Waals surface area (Å²) in [5, 5.41) is 7.12. The number of rotatable bonds is 1. The fourth-order valence-corrected chi connectivity index (χ4v) is 1.49. The Labute approximate surface area is 106 Å². The van der Waals surface area contributed by atoms with Gasteiger partial charge in [0.15, 0.2) is 0 Å². The lowest BCUT2D eigenvalue weighted by atomic mass is 10.0. The molecule has 10 heteroatoms. The highest BCUT2D eigenvalue weighted by Crippen LogP contribution is 2.15. The van der Waals surface area contributed by atoms with Crippen molar-refractivity contribution >= 4 is 17.9 Å². The Morgan fingerprint density at radius 2 is 1.63 bits per heavy atom. The molecule has 19 heavy (non-hydrogen) atoms. The summed E-state index contributed by atoms with van der Waals surface area (Å²) in [6.07, 6.45) is -2.62. The maximum absolute atomic E-state index is 10.8. The van der Waals surface area contributed by atoms with E-state index in [4.69, 9.17) is 21.4 Å². The molecule has 0 radical (unpaired) electrons. The number of urea groups is 1. The van der Waals surface area contributed by atoms with Gasteiger partial charge in [0.1, 0.15) is 6.04 Å². The summed E-state index contributed by atoms with van der Waals surface area (Å²) in [6, 6.07) is -1.05. The predicted octanol–water partition coefficient (Wildman–Crippen LogP) is 0.0382. The standard InChI is InChI=1S/C7H13N3O2.C2HF3O2/c8-6(11)5-3-1-2-4-10(5)7(9)12;3-2(4,5)1(6)7/h5H,1-4H2,(H2,8,11)(H2,9,12);(H,6,7). The van der Waals surface area contributed by atoms with Crippen LogP contribution in [0.4, 0.5) is 18.0 Å². The molecule has 1 aliphatic heterocycles. The Balaban J connectivity index is 0.000000399. The van der Waals surface area contributed by atoms with Crippen LogP contribution in [0.5, 0.6) is 0 Å². The Morgan fingerprint density at radius 1 is 1.16 bits per heavy atom. The Bertz CT molecular complexity index is 337. The molecule has 0 aromatic heterocycles. The van der Waals surface area contributed by atoms with Crippen molar-refractivity contribution in [2.24, 2.45) is 11.5 Å². The van der Waals surface area contributed by atoms with E-state index in [1.165, 1.54) is 4.90 Å². The van der Waals surface area contributed by atoms with Crippen LogP contribution in [-0.4, -0.2) is 46.7 Å². The summed E-state index contributed by atoms with van der Waals surface area (Å²) in [5.74, 6) is -3.22. The van der Waals surface area contributed by atoms with E-state index < -0.39 is 30.1 Å². The molecular weight excluding hydrogens is 271 g/mol. The quantitative estimate of drug-likeness (QED) is 0.628. The smallest absolute Gasteiger partial charge is 0.475 e. The van der Waals surface area contributed by atoms with Crippen LogP contribution in [0, 0.1) is 0 Å². The molecule has 1 aliphatic rings. The largest absolute Gasteiger partial charge is 0.490 e. The minimum absolute atomic E-state index is 0.464. The van der Waals surface area contributed by atoms with E-state index in [0.29, 0.717) is 13.0 Å². The van der Waals surface area contributed by atoms with Gasteiger partial charge >= 0.3 is 18.2 Å². The molecule has 3 amide bonds. The van der Waals surface area contributed by atoms with Gasteiger partial charge in [-0.3, -0.25) is 4.79 Å². The molecule has 0 aliphatic carbocycles. The number of carbonyl (C=O) groups excluding carboxylic acids is 2. The first-order valence-corrected chi connectivity index (χ1v) is 5.23. The summed E-state index contributed by atoms with van der Waals surface area (Å²) in [5.41, 5.74) is 10.2. The molecule has 0 saturated carbocycles. The van der Waals surface area contributed by atoms with Crippen molar-refractivity contribution in [2.45, 2.75) is 31.5 Å². The van der Waals surface area contributed by atoms with E-state index in [0.717, 1.165) is 12.8 Å². The van der Waals surface area contributed by atoms with E-state index in [1.54, 1.807) is 0 Å². The topological polar surface area (TPSA) is 127 Å². The second-order valence-electron chi connectivity index (χ2n) is 3.75. The third-order valence-corrected chi connectivity index (χ3v) is 2.36. The molecule has 5 N–H and O–H groups in total. The molecule has 1 atom stereocenters. The maximum atomic E-state index is 10.8. The van der Waals surface area contributed by atoms with E-state index in [-0.39, 0.29) is 0 Å². The van der Waals surface area contributed by atoms with Gasteiger partial charge in [-0.25, -0.2) is 9.59 Å². The van der Waals surface area contributed by atoms with Crippen molar-refractivity contribution in [3.05, 3.63) is 0 Å². The van der Waals surface area contributed by atoms with Gasteiger partial charge in [0.25, 0.3) is 0 Å². The first-order chi connectivity index (χ1) is 8.57. The number of likely N-dealkylation sites (tertiary alicyclic amines) is 1. The van der Waals surface area contributed by atoms with Crippen molar-refractivity contribution in [1.29, 1.82) is 0 Å². The van der Waals surface area contributed by atoms with Gasteiger partial charge in [0.2, 0.25) is 5.91 Å². The molecule has 0 spiro atoms. The summed E-state index contributed by atoms with van der Waals surface area (Å²) >= 11 is 0. The first kappa shape index (κ1) is 17.0. The molecule has 1 rings (SSSR count). The molecule has 0 bridgehead atoms. The molecule has 0 aromatic rings. The van der Waals surface area contributed by atoms with Gasteiger partial charge in [-0.15, -0.1) is 0 Å². The van der Waals surface area contributed by atoms with Crippen LogP contribution in [-0.2, 0) is 9.59 Å². The third-order valence-electron chi connectivity index (χ3n) is 2.36. The number of primary amides is 2. The maximum Gasteiger partial charge on any atom is 0.490 e. The Morgan fingerprint density at radius 3 is 1.89 bits per heavy atom. The third kappa shape index (κ3) is 5.93. The molecule has 1 fully saturated rings. The van der Waals surface area contributed by atoms with Crippen LogP contribution in [0.15, 0.2) is 0 Å². The van der Waals surface area contributed by atoms with Gasteiger partial charge in [0.05, 0.1) is 0 Å². The monoisotopic (exact) mass is 285 g/mol. The van der Waals surface area contributed by atoms with Gasteiger partial charge < -0.3 is 21.5 Å². The second kappa shape index (κ2) is 6.81. The van der Waals surface area contributed by atoms with Crippen LogP contribution in [0.25, 0.3) is 0 Å². The van der Waals surface area contributed by atoms with Crippen molar-refractivity contribution in [1.82, 2.24) is 4.90 Å². The number of halogens is 3. The summed E-state index contributed by atoms with van der Waals surface area (Å²) in [4.78, 5) is 31.9. The fourth-order valence-electron chi connectivity index (χ4n) is 1.49. The number of carbonyl (C=O) groups is 3. The number of hydrogen-bond acceptors (Lipinski definition) is 3. The highest BCUT2D eigenvalue weighted by Gasteiger charge is 2.38. The van der Waals surface area contributed by atoms with Crippen LogP contribution in [0.3, 0.4) is 0 Å². The number of alkyl halides is 3. The van der Waals surface area contributed by atoms with E-state index in [1.807, 2.05) is 0 Å². The molecule has 1 unspecified atom stereocenters. The van der Waals surface area contributed by atoms with E-state index >= 15 is 0 Å². The Kier molecular flexibility index (Phi) is 6.09. The molecule has 7 nitrogen and oxygen atoms in total. The average molecular weight is 285 g/mol. The zero-order valence-corrected chi connectivity index (χ0v) is 9.81. The lowest BCUT2D eigenvalue weighted by Crippen LogP contribution is -2.52. The molecule has 0 aromatic carbocycles. The van der Waals surface area contributed by atoms with Crippen LogP contribution < -0.4 is 11.5 Å². The van der Waals surface area contributed by atoms with E-state index in [9.17, 15) is 22.8 Å². The number of carboxylic acids is 1. The number of amides is 3. The van der Waals surface area contributed by atoms with E-state index in [2.05, 4.69) is 0 Å².